The minimum Gasteiger partial charge on any atom is -0.507 e. The zero-order chi connectivity index (χ0) is 25.4. The summed E-state index contributed by atoms with van der Waals surface area (Å²) in [5.74, 6) is -0.0943. The monoisotopic (exact) mass is 488 g/mol. The molecule has 0 bridgehead atoms. The lowest BCUT2D eigenvalue weighted by atomic mass is 10.1. The Bertz CT molecular complexity index is 1640. The average Bonchev–Trinajstić information content (AvgIpc) is 3.32. The first-order valence-electron chi connectivity index (χ1n) is 12.1. The molecule has 0 aliphatic carbocycles. The van der Waals surface area contributed by atoms with Crippen molar-refractivity contribution in [1.29, 1.82) is 0 Å². The molecule has 0 spiro atoms. The summed E-state index contributed by atoms with van der Waals surface area (Å²) in [4.78, 5) is 31.7. The molecule has 2 amide bonds. The number of aromatic nitrogens is 2. The summed E-state index contributed by atoms with van der Waals surface area (Å²) in [6.45, 7) is 0.708. The Morgan fingerprint density at radius 3 is 2.57 bits per heavy atom. The number of anilines is 3. The number of fused-ring (bicyclic) bond motifs is 3. The minimum absolute atomic E-state index is 0.00309. The molecular formula is C30H24N4O3. The van der Waals surface area contributed by atoms with Crippen molar-refractivity contribution in [3.63, 3.8) is 0 Å². The second kappa shape index (κ2) is 9.28. The van der Waals surface area contributed by atoms with Gasteiger partial charge in [-0.25, -0.2) is 4.98 Å². The third-order valence-electron chi connectivity index (χ3n) is 6.65. The van der Waals surface area contributed by atoms with E-state index in [2.05, 4.69) is 22.4 Å². The van der Waals surface area contributed by atoms with E-state index in [9.17, 15) is 14.7 Å². The minimum atomic E-state index is -0.372. The molecule has 1 aliphatic heterocycles. The van der Waals surface area contributed by atoms with Crippen LogP contribution in [0.3, 0.4) is 0 Å². The van der Waals surface area contributed by atoms with Crippen LogP contribution in [0.25, 0.3) is 22.2 Å². The summed E-state index contributed by atoms with van der Waals surface area (Å²) in [6, 6.07) is 26.7. The number of phenolic OH excluding ortho intramolecular Hbond substituents is 1. The van der Waals surface area contributed by atoms with Gasteiger partial charge in [0.05, 0.1) is 22.6 Å². The third kappa shape index (κ3) is 4.21. The van der Waals surface area contributed by atoms with Gasteiger partial charge in [0.15, 0.2) is 0 Å². The van der Waals surface area contributed by atoms with Gasteiger partial charge in [0, 0.05) is 30.4 Å². The predicted octanol–water partition coefficient (Wildman–Crippen LogP) is 5.66. The molecule has 0 radical (unpaired) electrons. The molecule has 182 valence electrons. The number of aryl methyl sites for hydroxylation is 2. The number of amides is 2. The maximum absolute atomic E-state index is 13.2. The van der Waals surface area contributed by atoms with Gasteiger partial charge in [-0.05, 0) is 35.6 Å². The quantitative estimate of drug-likeness (QED) is 0.313. The zero-order valence-corrected chi connectivity index (χ0v) is 20.0. The van der Waals surface area contributed by atoms with Crippen molar-refractivity contribution in [3.05, 3.63) is 103 Å². The molecule has 0 saturated heterocycles. The molecule has 37 heavy (non-hydrogen) atoms. The van der Waals surface area contributed by atoms with E-state index in [1.807, 2.05) is 65.4 Å². The first-order valence-corrected chi connectivity index (χ1v) is 12.1. The highest BCUT2D eigenvalue weighted by molar-refractivity contribution is 6.21. The Balaban J connectivity index is 1.37. The van der Waals surface area contributed by atoms with Crippen LogP contribution in [0.5, 0.6) is 5.75 Å². The number of nitrogens with zero attached hydrogens (tertiary/aromatic N) is 3. The van der Waals surface area contributed by atoms with Gasteiger partial charge in [-0.2, -0.15) is 0 Å². The Morgan fingerprint density at radius 2 is 1.73 bits per heavy atom. The summed E-state index contributed by atoms with van der Waals surface area (Å²) >= 11 is 0. The molecule has 7 heteroatoms. The van der Waals surface area contributed by atoms with Crippen molar-refractivity contribution in [3.8, 4) is 17.1 Å². The zero-order valence-electron chi connectivity index (χ0n) is 20.0. The fraction of sp³-hybridized carbons (Fsp3) is 0.100. The van der Waals surface area contributed by atoms with Crippen molar-refractivity contribution in [2.75, 3.05) is 10.2 Å². The second-order valence-electron chi connectivity index (χ2n) is 9.02. The number of benzene rings is 4. The topological polar surface area (TPSA) is 87.5 Å². The van der Waals surface area contributed by atoms with Gasteiger partial charge in [0.1, 0.15) is 18.0 Å². The maximum atomic E-state index is 13.2. The lowest BCUT2D eigenvalue weighted by molar-refractivity contribution is -0.124. The molecule has 2 heterocycles. The number of phenols is 1. The van der Waals surface area contributed by atoms with E-state index in [1.54, 1.807) is 24.4 Å². The van der Waals surface area contributed by atoms with Crippen LogP contribution in [-0.2, 0) is 22.6 Å². The third-order valence-corrected chi connectivity index (χ3v) is 6.65. The number of carbonyl (C=O) groups excluding carboxylic acids is 2. The van der Waals surface area contributed by atoms with Gasteiger partial charge in [0.2, 0.25) is 11.8 Å². The largest absolute Gasteiger partial charge is 0.507 e. The van der Waals surface area contributed by atoms with Crippen LogP contribution >= 0.6 is 0 Å². The average molecular weight is 489 g/mol. The number of nitrogens with one attached hydrogen (secondary N) is 1. The Labute approximate surface area is 213 Å². The summed E-state index contributed by atoms with van der Waals surface area (Å²) in [7, 11) is 0. The molecule has 1 aromatic heterocycles. The number of hydrogen-bond donors (Lipinski definition) is 2. The molecule has 7 nitrogen and oxygen atoms in total. The molecule has 2 N–H and O–H groups in total. The van der Waals surface area contributed by atoms with Crippen molar-refractivity contribution in [2.24, 2.45) is 0 Å². The fourth-order valence-corrected chi connectivity index (χ4v) is 4.87. The standard InChI is InChI=1S/C30H24N4O3/c35-26-18-22(11-12-24(26)30-31-15-17-33(30)16-14-20-6-2-1-3-7-20)34-25-13-10-21-8-4-5-9-23(21)29(25)32-27(36)19-28(34)37/h1-13,15,17-18,35H,14,16,19H2,(H,32,36). The van der Waals surface area contributed by atoms with Crippen LogP contribution < -0.4 is 10.2 Å². The molecular weight excluding hydrogens is 464 g/mol. The van der Waals surface area contributed by atoms with E-state index < -0.39 is 0 Å². The van der Waals surface area contributed by atoms with Gasteiger partial charge in [-0.1, -0.05) is 60.7 Å². The molecule has 1 aliphatic rings. The van der Waals surface area contributed by atoms with E-state index >= 15 is 0 Å². The number of rotatable bonds is 5. The molecule has 4 aromatic carbocycles. The summed E-state index contributed by atoms with van der Waals surface area (Å²) in [5.41, 5.74) is 3.40. The van der Waals surface area contributed by atoms with Gasteiger partial charge in [-0.15, -0.1) is 0 Å². The summed E-state index contributed by atoms with van der Waals surface area (Å²) < 4.78 is 2.00. The van der Waals surface area contributed by atoms with Crippen LogP contribution in [-0.4, -0.2) is 26.5 Å². The van der Waals surface area contributed by atoms with Gasteiger partial charge in [-0.3, -0.25) is 14.5 Å². The lowest BCUT2D eigenvalue weighted by Crippen LogP contribution is -2.26. The number of hydrogen-bond acceptors (Lipinski definition) is 4. The Kier molecular flexibility index (Phi) is 5.65. The first kappa shape index (κ1) is 22.5. The molecule has 0 unspecified atom stereocenters. The predicted molar refractivity (Wildman–Crippen MR) is 144 cm³/mol. The molecule has 6 rings (SSSR count). The molecule has 0 atom stereocenters. The van der Waals surface area contributed by atoms with Crippen molar-refractivity contribution in [1.82, 2.24) is 9.55 Å². The Morgan fingerprint density at radius 1 is 0.919 bits per heavy atom. The van der Waals surface area contributed by atoms with E-state index in [0.29, 0.717) is 35.0 Å². The SMILES string of the molecule is O=C1CC(=O)N(c2ccc(-c3nccn3CCc3ccccc3)c(O)c2)c2ccc3ccccc3c2N1. The molecule has 5 aromatic rings. The normalized spacial score (nSPS) is 13.4. The highest BCUT2D eigenvalue weighted by Gasteiger charge is 2.29. The first-order chi connectivity index (χ1) is 18.1. The highest BCUT2D eigenvalue weighted by atomic mass is 16.3. The van der Waals surface area contributed by atoms with Crippen LogP contribution in [0.4, 0.5) is 17.1 Å². The fourth-order valence-electron chi connectivity index (χ4n) is 4.87. The van der Waals surface area contributed by atoms with E-state index in [-0.39, 0.29) is 24.0 Å². The summed E-state index contributed by atoms with van der Waals surface area (Å²) in [6.07, 6.45) is 4.14. The van der Waals surface area contributed by atoms with Crippen LogP contribution in [0, 0.1) is 0 Å². The number of aromatic hydroxyl groups is 1. The summed E-state index contributed by atoms with van der Waals surface area (Å²) in [5, 5.41) is 15.8. The number of carbonyl (C=O) groups is 2. The lowest BCUT2D eigenvalue weighted by Gasteiger charge is -2.24. The van der Waals surface area contributed by atoms with Crippen LogP contribution in [0.1, 0.15) is 12.0 Å². The smallest absolute Gasteiger partial charge is 0.241 e. The second-order valence-corrected chi connectivity index (χ2v) is 9.02. The van der Waals surface area contributed by atoms with Crippen LogP contribution in [0.2, 0.25) is 0 Å². The van der Waals surface area contributed by atoms with Crippen molar-refractivity contribution >= 4 is 39.6 Å². The van der Waals surface area contributed by atoms with Crippen molar-refractivity contribution in [2.45, 2.75) is 19.4 Å². The maximum Gasteiger partial charge on any atom is 0.241 e. The number of imidazole rings is 1. The van der Waals surface area contributed by atoms with Crippen LogP contribution in [0.15, 0.2) is 97.3 Å². The van der Waals surface area contributed by atoms with E-state index in [0.717, 1.165) is 17.2 Å². The van der Waals surface area contributed by atoms with Gasteiger partial charge >= 0.3 is 0 Å². The molecule has 0 fully saturated rings. The molecule has 0 saturated carbocycles. The highest BCUT2D eigenvalue weighted by Crippen LogP contribution is 2.42. The van der Waals surface area contributed by atoms with Gasteiger partial charge in [0.25, 0.3) is 0 Å². The Hall–Kier alpha value is -4.91. The van der Waals surface area contributed by atoms with Crippen molar-refractivity contribution < 1.29 is 14.7 Å². The van der Waals surface area contributed by atoms with E-state index in [1.165, 1.54) is 10.5 Å². The van der Waals surface area contributed by atoms with E-state index in [4.69, 9.17) is 0 Å². The van der Waals surface area contributed by atoms with Gasteiger partial charge < -0.3 is 15.0 Å².